The van der Waals surface area contributed by atoms with Crippen LogP contribution in [0.1, 0.15) is 5.69 Å². The zero-order valence-electron chi connectivity index (χ0n) is 7.61. The topological polar surface area (TPSA) is 35.0 Å². The number of hydrogen-bond acceptors (Lipinski definition) is 3. The van der Waals surface area contributed by atoms with Gasteiger partial charge in [0.25, 0.3) is 0 Å². The summed E-state index contributed by atoms with van der Waals surface area (Å²) in [5, 5.41) is 1.07. The van der Waals surface area contributed by atoms with E-state index in [-0.39, 0.29) is 0 Å². The minimum atomic E-state index is 0.427. The van der Waals surface area contributed by atoms with Crippen molar-refractivity contribution in [2.75, 3.05) is 7.11 Å². The Kier molecular flexibility index (Phi) is 1.85. The molecule has 3 heteroatoms. The van der Waals surface area contributed by atoms with Crippen molar-refractivity contribution in [3.63, 3.8) is 0 Å². The third-order valence-electron chi connectivity index (χ3n) is 1.96. The van der Waals surface area contributed by atoms with E-state index in [1.807, 2.05) is 31.2 Å². The maximum Gasteiger partial charge on any atom is 0.316 e. The van der Waals surface area contributed by atoms with Gasteiger partial charge in [-0.2, -0.15) is 9.97 Å². The molecule has 1 aromatic carbocycles. The molecule has 0 radical (unpaired) electrons. The van der Waals surface area contributed by atoms with Crippen LogP contribution in [0.4, 0.5) is 0 Å². The summed E-state index contributed by atoms with van der Waals surface area (Å²) < 4.78 is 4.98. The van der Waals surface area contributed by atoms with Gasteiger partial charge in [0.1, 0.15) is 0 Å². The molecular formula is C10H10N2O. The van der Waals surface area contributed by atoms with Crippen LogP contribution in [0.25, 0.3) is 10.9 Å². The number of nitrogens with zero attached hydrogens (tertiary/aromatic N) is 2. The summed E-state index contributed by atoms with van der Waals surface area (Å²) in [6.45, 7) is 1.95. The number of rotatable bonds is 1. The van der Waals surface area contributed by atoms with Crippen LogP contribution >= 0.6 is 0 Å². The summed E-state index contributed by atoms with van der Waals surface area (Å²) in [6, 6.07) is 8.31. The van der Waals surface area contributed by atoms with Crippen LogP contribution in [0.15, 0.2) is 24.3 Å². The molecule has 13 heavy (non-hydrogen) atoms. The Hall–Kier alpha value is -1.64. The molecule has 2 aromatic rings. The van der Waals surface area contributed by atoms with Gasteiger partial charge >= 0.3 is 6.01 Å². The molecule has 1 aromatic heterocycles. The Morgan fingerprint density at radius 3 is 2.69 bits per heavy atom. The minimum absolute atomic E-state index is 0.427. The van der Waals surface area contributed by atoms with Gasteiger partial charge in [-0.05, 0) is 13.0 Å². The highest BCUT2D eigenvalue weighted by Crippen LogP contribution is 2.16. The summed E-state index contributed by atoms with van der Waals surface area (Å²) in [4.78, 5) is 8.41. The average Bonchev–Trinajstić information content (AvgIpc) is 2.18. The van der Waals surface area contributed by atoms with Crippen molar-refractivity contribution in [1.82, 2.24) is 9.97 Å². The molecule has 0 saturated carbocycles. The highest BCUT2D eigenvalue weighted by molar-refractivity contribution is 5.80. The van der Waals surface area contributed by atoms with Gasteiger partial charge in [-0.15, -0.1) is 0 Å². The van der Waals surface area contributed by atoms with Crippen molar-refractivity contribution in [1.29, 1.82) is 0 Å². The van der Waals surface area contributed by atoms with Crippen molar-refractivity contribution in [2.24, 2.45) is 0 Å². The maximum atomic E-state index is 4.98. The number of benzene rings is 1. The fourth-order valence-electron chi connectivity index (χ4n) is 1.30. The van der Waals surface area contributed by atoms with Crippen LogP contribution in [0.2, 0.25) is 0 Å². The Morgan fingerprint density at radius 1 is 1.15 bits per heavy atom. The predicted octanol–water partition coefficient (Wildman–Crippen LogP) is 1.95. The summed E-state index contributed by atoms with van der Waals surface area (Å²) in [7, 11) is 1.57. The van der Waals surface area contributed by atoms with Gasteiger partial charge in [0, 0.05) is 5.39 Å². The van der Waals surface area contributed by atoms with Crippen molar-refractivity contribution < 1.29 is 4.74 Å². The summed E-state index contributed by atoms with van der Waals surface area (Å²) in [5.41, 5.74) is 1.87. The van der Waals surface area contributed by atoms with E-state index in [0.717, 1.165) is 16.6 Å². The lowest BCUT2D eigenvalue weighted by Gasteiger charge is -2.02. The first-order chi connectivity index (χ1) is 6.31. The molecule has 0 aliphatic rings. The molecule has 0 N–H and O–H groups in total. The highest BCUT2D eigenvalue weighted by Gasteiger charge is 2.02. The van der Waals surface area contributed by atoms with E-state index >= 15 is 0 Å². The van der Waals surface area contributed by atoms with E-state index in [1.54, 1.807) is 7.11 Å². The van der Waals surface area contributed by atoms with Crippen molar-refractivity contribution in [2.45, 2.75) is 6.92 Å². The zero-order valence-corrected chi connectivity index (χ0v) is 7.61. The van der Waals surface area contributed by atoms with E-state index in [0.29, 0.717) is 6.01 Å². The van der Waals surface area contributed by atoms with Crippen LogP contribution in [-0.4, -0.2) is 17.1 Å². The van der Waals surface area contributed by atoms with Crippen molar-refractivity contribution in [3.05, 3.63) is 30.0 Å². The number of para-hydroxylation sites is 1. The molecule has 0 aliphatic carbocycles. The van der Waals surface area contributed by atoms with E-state index in [2.05, 4.69) is 9.97 Å². The van der Waals surface area contributed by atoms with Gasteiger partial charge in [0.05, 0.1) is 18.3 Å². The van der Waals surface area contributed by atoms with Gasteiger partial charge < -0.3 is 4.74 Å². The standard InChI is InChI=1S/C10H10N2O/c1-7-8-5-3-4-6-9(8)12-10(11-7)13-2/h3-6H,1-2H3. The summed E-state index contributed by atoms with van der Waals surface area (Å²) in [6.07, 6.45) is 0. The largest absolute Gasteiger partial charge is 0.467 e. The van der Waals surface area contributed by atoms with E-state index in [1.165, 1.54) is 0 Å². The molecule has 66 valence electrons. The van der Waals surface area contributed by atoms with E-state index in [4.69, 9.17) is 4.74 Å². The first kappa shape index (κ1) is 7.98. The molecule has 0 amide bonds. The number of aryl methyl sites for hydroxylation is 1. The molecule has 0 atom stereocenters. The number of methoxy groups -OCH3 is 1. The van der Waals surface area contributed by atoms with Gasteiger partial charge in [-0.1, -0.05) is 18.2 Å². The number of hydrogen-bond donors (Lipinski definition) is 0. The molecule has 0 bridgehead atoms. The quantitative estimate of drug-likeness (QED) is 0.662. The van der Waals surface area contributed by atoms with Crippen molar-refractivity contribution >= 4 is 10.9 Å². The molecule has 3 nitrogen and oxygen atoms in total. The van der Waals surface area contributed by atoms with Crippen molar-refractivity contribution in [3.8, 4) is 6.01 Å². The number of ether oxygens (including phenoxy) is 1. The Bertz CT molecular complexity index is 440. The summed E-state index contributed by atoms with van der Waals surface area (Å²) >= 11 is 0. The van der Waals surface area contributed by atoms with Gasteiger partial charge in [-0.3, -0.25) is 0 Å². The first-order valence-corrected chi connectivity index (χ1v) is 4.08. The lowest BCUT2D eigenvalue weighted by Crippen LogP contribution is -1.94. The average molecular weight is 174 g/mol. The maximum absolute atomic E-state index is 4.98. The van der Waals surface area contributed by atoms with E-state index < -0.39 is 0 Å². The van der Waals surface area contributed by atoms with Crippen LogP contribution in [0.3, 0.4) is 0 Å². The Labute approximate surface area is 76.4 Å². The molecule has 0 aliphatic heterocycles. The predicted molar refractivity (Wildman–Crippen MR) is 50.8 cm³/mol. The molecule has 1 heterocycles. The molecule has 0 spiro atoms. The lowest BCUT2D eigenvalue weighted by molar-refractivity contribution is 0.381. The number of fused-ring (bicyclic) bond motifs is 1. The smallest absolute Gasteiger partial charge is 0.316 e. The monoisotopic (exact) mass is 174 g/mol. The Balaban J connectivity index is 2.77. The second-order valence-corrected chi connectivity index (χ2v) is 2.81. The normalized spacial score (nSPS) is 10.3. The zero-order chi connectivity index (χ0) is 9.26. The SMILES string of the molecule is COc1nc(C)c2ccccc2n1. The number of aromatic nitrogens is 2. The second-order valence-electron chi connectivity index (χ2n) is 2.81. The minimum Gasteiger partial charge on any atom is -0.467 e. The van der Waals surface area contributed by atoms with Crippen LogP contribution in [0, 0.1) is 6.92 Å². The van der Waals surface area contributed by atoms with Gasteiger partial charge in [-0.25, -0.2) is 0 Å². The molecule has 2 rings (SSSR count). The highest BCUT2D eigenvalue weighted by atomic mass is 16.5. The molecule has 0 saturated heterocycles. The summed E-state index contributed by atoms with van der Waals surface area (Å²) in [5.74, 6) is 0. The van der Waals surface area contributed by atoms with Gasteiger partial charge in [0.15, 0.2) is 0 Å². The third kappa shape index (κ3) is 1.33. The first-order valence-electron chi connectivity index (χ1n) is 4.08. The third-order valence-corrected chi connectivity index (χ3v) is 1.96. The molecular weight excluding hydrogens is 164 g/mol. The molecule has 0 fully saturated rings. The van der Waals surface area contributed by atoms with Crippen LogP contribution in [-0.2, 0) is 0 Å². The van der Waals surface area contributed by atoms with Crippen LogP contribution < -0.4 is 4.74 Å². The van der Waals surface area contributed by atoms with E-state index in [9.17, 15) is 0 Å². The Morgan fingerprint density at radius 2 is 1.92 bits per heavy atom. The lowest BCUT2D eigenvalue weighted by atomic mass is 10.2. The molecule has 0 unspecified atom stereocenters. The second kappa shape index (κ2) is 3.01. The van der Waals surface area contributed by atoms with Gasteiger partial charge in [0.2, 0.25) is 0 Å². The fourth-order valence-corrected chi connectivity index (χ4v) is 1.30. The van der Waals surface area contributed by atoms with Crippen LogP contribution in [0.5, 0.6) is 6.01 Å². The fraction of sp³-hybridized carbons (Fsp3) is 0.200.